The first-order valence-electron chi connectivity index (χ1n) is 9.92. The maximum Gasteiger partial charge on any atom is 0.326 e. The van der Waals surface area contributed by atoms with Gasteiger partial charge in [-0.15, -0.1) is 0 Å². The van der Waals surface area contributed by atoms with E-state index in [9.17, 15) is 9.59 Å². The number of fused-ring (bicyclic) bond motifs is 1. The number of nitrogens with one attached hydrogen (secondary N) is 1. The summed E-state index contributed by atoms with van der Waals surface area (Å²) in [4.78, 5) is 33.8. The van der Waals surface area contributed by atoms with Gasteiger partial charge in [-0.25, -0.2) is 19.3 Å². The summed E-state index contributed by atoms with van der Waals surface area (Å²) in [6.07, 6.45) is 4.30. The molecule has 158 valence electrons. The second-order valence-corrected chi connectivity index (χ2v) is 8.83. The summed E-state index contributed by atoms with van der Waals surface area (Å²) in [6.45, 7) is 0.485. The smallest absolute Gasteiger partial charge is 0.326 e. The SMILES string of the molecule is NC(=O)N1CCC(n2c(=O)[nH]c3c(-n4cncn4)cccc32)CC1c1ccc(I)cc1. The lowest BCUT2D eigenvalue weighted by Crippen LogP contribution is -2.45. The number of benzene rings is 2. The standard InChI is InChI=1S/C21H20IN7O2/c22-14-6-4-13(5-7-14)18-10-15(8-9-27(18)20(23)30)29-17-3-1-2-16(19(17)26-21(29)31)28-12-24-11-25-28/h1-7,11-12,15,18H,8-10H2,(H2,23,30)(H,26,31). The van der Waals surface area contributed by atoms with Crippen LogP contribution in [0.3, 0.4) is 0 Å². The molecular weight excluding hydrogens is 509 g/mol. The molecule has 9 nitrogen and oxygen atoms in total. The van der Waals surface area contributed by atoms with E-state index < -0.39 is 6.03 Å². The fourth-order valence-electron chi connectivity index (χ4n) is 4.47. The number of nitrogens with zero attached hydrogens (tertiary/aromatic N) is 5. The number of carbonyl (C=O) groups is 1. The molecule has 0 radical (unpaired) electrons. The lowest BCUT2D eigenvalue weighted by molar-refractivity contribution is 0.136. The van der Waals surface area contributed by atoms with E-state index >= 15 is 0 Å². The molecule has 5 rings (SSSR count). The number of para-hydroxylation sites is 1. The second kappa shape index (κ2) is 7.84. The van der Waals surface area contributed by atoms with Crippen LogP contribution in [0.15, 0.2) is 59.9 Å². The molecule has 0 aliphatic carbocycles. The van der Waals surface area contributed by atoms with Crippen LogP contribution >= 0.6 is 22.6 Å². The van der Waals surface area contributed by atoms with Gasteiger partial charge in [0.2, 0.25) is 0 Å². The molecule has 2 atom stereocenters. The Kier molecular flexibility index (Phi) is 5.00. The first kappa shape index (κ1) is 19.8. The van der Waals surface area contributed by atoms with Gasteiger partial charge in [-0.05, 0) is 65.3 Å². The molecular formula is C21H20IN7O2. The van der Waals surface area contributed by atoms with Gasteiger partial charge in [-0.2, -0.15) is 5.10 Å². The Bertz CT molecular complexity index is 1290. The minimum absolute atomic E-state index is 0.0767. The molecule has 0 spiro atoms. The maximum atomic E-state index is 13.0. The molecule has 0 saturated carbocycles. The van der Waals surface area contributed by atoms with E-state index in [-0.39, 0.29) is 17.8 Å². The largest absolute Gasteiger partial charge is 0.351 e. The third-order valence-corrected chi connectivity index (χ3v) is 6.59. The number of H-pyrrole nitrogens is 1. The topological polar surface area (TPSA) is 115 Å². The molecule has 3 heterocycles. The summed E-state index contributed by atoms with van der Waals surface area (Å²) in [5, 5.41) is 4.19. The lowest BCUT2D eigenvalue weighted by Gasteiger charge is -2.39. The summed E-state index contributed by atoms with van der Waals surface area (Å²) in [5.41, 5.74) is 8.78. The number of piperidine rings is 1. The van der Waals surface area contributed by atoms with Crippen molar-refractivity contribution in [1.82, 2.24) is 29.2 Å². The predicted molar refractivity (Wildman–Crippen MR) is 124 cm³/mol. The molecule has 1 fully saturated rings. The second-order valence-electron chi connectivity index (χ2n) is 7.59. The van der Waals surface area contributed by atoms with E-state index in [0.29, 0.717) is 24.9 Å². The highest BCUT2D eigenvalue weighted by Gasteiger charge is 2.34. The Morgan fingerprint density at radius 2 is 2.00 bits per heavy atom. The highest BCUT2D eigenvalue weighted by Crippen LogP contribution is 2.37. The summed E-state index contributed by atoms with van der Waals surface area (Å²) < 4.78 is 4.55. The van der Waals surface area contributed by atoms with Gasteiger partial charge < -0.3 is 15.6 Å². The minimum atomic E-state index is -0.443. The third kappa shape index (κ3) is 3.50. The van der Waals surface area contributed by atoms with Gasteiger partial charge in [0.25, 0.3) is 0 Å². The van der Waals surface area contributed by atoms with E-state index in [0.717, 1.165) is 20.3 Å². The number of carbonyl (C=O) groups excluding carboxylic acids is 1. The van der Waals surface area contributed by atoms with Gasteiger partial charge in [-0.3, -0.25) is 4.57 Å². The summed E-state index contributed by atoms with van der Waals surface area (Å²) in [6, 6.07) is 13.1. The zero-order chi connectivity index (χ0) is 21.5. The number of imidazole rings is 1. The van der Waals surface area contributed by atoms with E-state index in [1.165, 1.54) is 6.33 Å². The zero-order valence-electron chi connectivity index (χ0n) is 16.5. The Balaban J connectivity index is 1.57. The van der Waals surface area contributed by atoms with Crippen molar-refractivity contribution >= 4 is 39.7 Å². The number of nitrogens with two attached hydrogens (primary N) is 1. The van der Waals surface area contributed by atoms with Crippen molar-refractivity contribution in [2.75, 3.05) is 6.54 Å². The van der Waals surface area contributed by atoms with Gasteiger partial charge in [0.1, 0.15) is 12.7 Å². The molecule has 3 N–H and O–H groups in total. The average Bonchev–Trinajstić information content (AvgIpc) is 3.41. The molecule has 10 heteroatoms. The van der Waals surface area contributed by atoms with E-state index in [2.05, 4.69) is 37.7 Å². The van der Waals surface area contributed by atoms with Crippen molar-refractivity contribution in [3.63, 3.8) is 0 Å². The van der Waals surface area contributed by atoms with Crippen molar-refractivity contribution in [2.24, 2.45) is 5.73 Å². The molecule has 4 aromatic rings. The monoisotopic (exact) mass is 529 g/mol. The van der Waals surface area contributed by atoms with Crippen molar-refractivity contribution in [1.29, 1.82) is 0 Å². The molecule has 0 bridgehead atoms. The molecule has 2 aromatic heterocycles. The van der Waals surface area contributed by atoms with Crippen molar-refractivity contribution in [3.05, 3.63) is 74.7 Å². The van der Waals surface area contributed by atoms with Crippen molar-refractivity contribution in [3.8, 4) is 5.69 Å². The number of halogens is 1. The average molecular weight is 529 g/mol. The minimum Gasteiger partial charge on any atom is -0.351 e. The number of aromatic nitrogens is 5. The number of rotatable bonds is 3. The number of likely N-dealkylation sites (tertiary alicyclic amines) is 1. The molecule has 31 heavy (non-hydrogen) atoms. The van der Waals surface area contributed by atoms with Crippen LogP contribution in [0, 0.1) is 3.57 Å². The summed E-state index contributed by atoms with van der Waals surface area (Å²) in [7, 11) is 0. The van der Waals surface area contributed by atoms with Crippen LogP contribution in [-0.2, 0) is 0 Å². The Morgan fingerprint density at radius 1 is 1.19 bits per heavy atom. The number of amides is 2. The molecule has 2 aromatic carbocycles. The first-order valence-corrected chi connectivity index (χ1v) is 11.0. The molecule has 1 aliphatic heterocycles. The highest BCUT2D eigenvalue weighted by atomic mass is 127. The predicted octanol–water partition coefficient (Wildman–Crippen LogP) is 2.97. The van der Waals surface area contributed by atoms with E-state index in [1.807, 2.05) is 42.5 Å². The zero-order valence-corrected chi connectivity index (χ0v) is 18.6. The van der Waals surface area contributed by atoms with Crippen LogP contribution in [0.2, 0.25) is 0 Å². The van der Waals surface area contributed by atoms with Crippen LogP contribution in [0.1, 0.15) is 30.5 Å². The Labute approximate surface area is 191 Å². The van der Waals surface area contributed by atoms with Crippen molar-refractivity contribution < 1.29 is 4.79 Å². The van der Waals surface area contributed by atoms with Crippen LogP contribution < -0.4 is 11.4 Å². The molecule has 2 unspecified atom stereocenters. The third-order valence-electron chi connectivity index (χ3n) is 5.87. The number of primary amides is 1. The molecule has 1 aliphatic rings. The van der Waals surface area contributed by atoms with E-state index in [1.54, 1.807) is 20.5 Å². The number of urea groups is 1. The van der Waals surface area contributed by atoms with Crippen LogP contribution in [0.4, 0.5) is 4.79 Å². The number of hydrogen-bond donors (Lipinski definition) is 2. The van der Waals surface area contributed by atoms with Crippen LogP contribution in [-0.4, -0.2) is 41.8 Å². The van der Waals surface area contributed by atoms with Gasteiger partial charge in [0.15, 0.2) is 0 Å². The van der Waals surface area contributed by atoms with Crippen LogP contribution in [0.25, 0.3) is 16.7 Å². The number of hydrogen-bond acceptors (Lipinski definition) is 4. The Morgan fingerprint density at radius 3 is 2.71 bits per heavy atom. The summed E-state index contributed by atoms with van der Waals surface area (Å²) in [5.74, 6) is 0. The fourth-order valence-corrected chi connectivity index (χ4v) is 4.83. The first-order chi connectivity index (χ1) is 15.0. The van der Waals surface area contributed by atoms with Crippen LogP contribution in [0.5, 0.6) is 0 Å². The van der Waals surface area contributed by atoms with E-state index in [4.69, 9.17) is 5.73 Å². The number of aromatic amines is 1. The maximum absolute atomic E-state index is 13.0. The molecule has 1 saturated heterocycles. The molecule has 2 amide bonds. The Hall–Kier alpha value is -3.15. The van der Waals surface area contributed by atoms with Crippen molar-refractivity contribution in [2.45, 2.75) is 24.9 Å². The summed E-state index contributed by atoms with van der Waals surface area (Å²) >= 11 is 2.25. The van der Waals surface area contributed by atoms with Gasteiger partial charge in [0, 0.05) is 16.2 Å². The lowest BCUT2D eigenvalue weighted by atomic mass is 9.91. The highest BCUT2D eigenvalue weighted by molar-refractivity contribution is 14.1. The fraction of sp³-hybridized carbons (Fsp3) is 0.238. The van der Waals surface area contributed by atoms with Gasteiger partial charge in [0.05, 0.1) is 22.8 Å². The van der Waals surface area contributed by atoms with Gasteiger partial charge in [-0.1, -0.05) is 18.2 Å². The normalized spacial score (nSPS) is 19.1. The van der Waals surface area contributed by atoms with Gasteiger partial charge >= 0.3 is 11.7 Å². The quantitative estimate of drug-likeness (QED) is 0.397.